The van der Waals surface area contributed by atoms with E-state index in [2.05, 4.69) is 15.0 Å². The molecule has 47 heavy (non-hydrogen) atoms. The number of H-pyrrole nitrogens is 1. The van der Waals surface area contributed by atoms with E-state index < -0.39 is 35.9 Å². The van der Waals surface area contributed by atoms with Gasteiger partial charge < -0.3 is 34.0 Å². The molecule has 2 N–H and O–H groups in total. The van der Waals surface area contributed by atoms with Crippen molar-refractivity contribution in [2.75, 3.05) is 32.8 Å². The number of halogens is 1. The number of ether oxygens (including phenoxy) is 5. The first-order valence-corrected chi connectivity index (χ1v) is 14.9. The Hall–Kier alpha value is -5.14. The van der Waals surface area contributed by atoms with Gasteiger partial charge in [-0.1, -0.05) is 11.6 Å². The van der Waals surface area contributed by atoms with E-state index in [0.29, 0.717) is 38.3 Å². The Kier molecular flexibility index (Phi) is 11.4. The van der Waals surface area contributed by atoms with Crippen LogP contribution < -0.4 is 15.6 Å². The molecule has 248 valence electrons. The predicted octanol–water partition coefficient (Wildman–Crippen LogP) is 5.75. The Morgan fingerprint density at radius 1 is 1.00 bits per heavy atom. The zero-order chi connectivity index (χ0) is 34.2. The van der Waals surface area contributed by atoms with E-state index in [1.165, 1.54) is 51.0 Å². The number of carbonyl (C=O) groups excluding carboxylic acids is 4. The molecule has 1 unspecified atom stereocenters. The van der Waals surface area contributed by atoms with E-state index in [0.717, 1.165) is 0 Å². The number of hydrogen-bond acceptors (Lipinski definition) is 10. The van der Waals surface area contributed by atoms with E-state index >= 15 is 0 Å². The molecule has 13 nitrogen and oxygen atoms in total. The first-order chi connectivity index (χ1) is 22.4. The number of rotatable bonds is 13. The van der Waals surface area contributed by atoms with Gasteiger partial charge >= 0.3 is 12.1 Å². The highest BCUT2D eigenvalue weighted by molar-refractivity contribution is 6.31. The van der Waals surface area contributed by atoms with Crippen LogP contribution in [0.15, 0.2) is 59.5 Å². The summed E-state index contributed by atoms with van der Waals surface area (Å²) in [6.07, 6.45) is -0.588. The van der Waals surface area contributed by atoms with Gasteiger partial charge in [0.05, 0.1) is 19.9 Å². The molecule has 0 aliphatic rings. The SMILES string of the molecule is CCOC(=O)OC(C)OC(=O)c1cc2cc(NC(=O)[C@H](CCOC)n3cc(OC)c(-c4cc(Cl)ccc4C(C)=O)cc3=O)ccc2[nH]1. The fourth-order valence-electron chi connectivity index (χ4n) is 4.89. The number of fused-ring (bicyclic) bond motifs is 1. The van der Waals surface area contributed by atoms with Crippen molar-refractivity contribution in [3.63, 3.8) is 0 Å². The largest absolute Gasteiger partial charge is 0.511 e. The molecule has 2 aromatic carbocycles. The third-order valence-corrected chi connectivity index (χ3v) is 7.29. The normalized spacial score (nSPS) is 12.2. The number of hydrogen-bond donors (Lipinski definition) is 2. The number of carbonyl (C=O) groups is 4. The average Bonchev–Trinajstić information content (AvgIpc) is 3.45. The zero-order valence-corrected chi connectivity index (χ0v) is 27.1. The van der Waals surface area contributed by atoms with Crippen molar-refractivity contribution in [1.29, 1.82) is 0 Å². The van der Waals surface area contributed by atoms with Crippen LogP contribution in [0.25, 0.3) is 22.0 Å². The van der Waals surface area contributed by atoms with Gasteiger partial charge in [-0.15, -0.1) is 0 Å². The van der Waals surface area contributed by atoms with Gasteiger partial charge in [-0.25, -0.2) is 9.59 Å². The minimum atomic E-state index is -1.19. The molecule has 0 fully saturated rings. The van der Waals surface area contributed by atoms with Crippen molar-refractivity contribution in [2.24, 2.45) is 0 Å². The number of ketones is 1. The summed E-state index contributed by atoms with van der Waals surface area (Å²) in [6, 6.07) is 11.5. The van der Waals surface area contributed by atoms with Crippen molar-refractivity contribution in [3.05, 3.63) is 81.4 Å². The van der Waals surface area contributed by atoms with Gasteiger partial charge in [-0.3, -0.25) is 19.0 Å². The molecule has 0 radical (unpaired) electrons. The highest BCUT2D eigenvalue weighted by Gasteiger charge is 2.25. The fourth-order valence-corrected chi connectivity index (χ4v) is 5.06. The lowest BCUT2D eigenvalue weighted by molar-refractivity contribution is -0.119. The number of pyridine rings is 1. The number of anilines is 1. The van der Waals surface area contributed by atoms with Crippen molar-refractivity contribution in [2.45, 2.75) is 39.5 Å². The molecule has 0 aliphatic heterocycles. The van der Waals surface area contributed by atoms with Crippen LogP contribution in [0.3, 0.4) is 0 Å². The quantitative estimate of drug-likeness (QED) is 0.102. The topological polar surface area (TPSA) is 164 Å². The lowest BCUT2D eigenvalue weighted by Gasteiger charge is -2.21. The molecule has 0 aliphatic carbocycles. The molecule has 2 atom stereocenters. The summed E-state index contributed by atoms with van der Waals surface area (Å²) < 4.78 is 26.7. The van der Waals surface area contributed by atoms with E-state index in [1.807, 2.05) is 0 Å². The summed E-state index contributed by atoms with van der Waals surface area (Å²) in [4.78, 5) is 66.5. The standard InChI is InChI=1S/C33H34ClN3O10/c1-6-45-33(42)47-19(3)46-32(41)27-14-20-13-22(8-10-26(20)36-27)35-31(40)28(11-12-43-4)37-17-29(44-5)25(16-30(37)39)24-15-21(34)7-9-23(24)18(2)38/h7-10,13-17,19,28,36H,6,11-12H2,1-5H3,(H,35,40)/t19?,28-/m0/s1. The number of Topliss-reactive ketones (excluding diaryl/α,β-unsaturated/α-hetero) is 1. The van der Waals surface area contributed by atoms with Crippen molar-refractivity contribution >= 4 is 52.0 Å². The molecule has 4 aromatic rings. The second-order valence-electron chi connectivity index (χ2n) is 10.3. The second-order valence-corrected chi connectivity index (χ2v) is 10.7. The highest BCUT2D eigenvalue weighted by atomic mass is 35.5. The van der Waals surface area contributed by atoms with E-state index in [1.54, 1.807) is 43.3 Å². The van der Waals surface area contributed by atoms with Gasteiger partial charge in [0.1, 0.15) is 17.5 Å². The molecule has 1 amide bonds. The predicted molar refractivity (Wildman–Crippen MR) is 173 cm³/mol. The average molecular weight is 668 g/mol. The Labute approximate surface area is 274 Å². The number of aromatic nitrogens is 2. The van der Waals surface area contributed by atoms with Crippen LogP contribution in [-0.4, -0.2) is 67.1 Å². The third-order valence-electron chi connectivity index (χ3n) is 7.05. The summed E-state index contributed by atoms with van der Waals surface area (Å²) in [6.45, 7) is 4.67. The minimum Gasteiger partial charge on any atom is -0.495 e. The molecule has 0 bridgehead atoms. The van der Waals surface area contributed by atoms with Crippen molar-refractivity contribution in [3.8, 4) is 16.9 Å². The Balaban J connectivity index is 1.60. The molecule has 0 saturated carbocycles. The van der Waals surface area contributed by atoms with Crippen LogP contribution in [0.5, 0.6) is 5.75 Å². The summed E-state index contributed by atoms with van der Waals surface area (Å²) in [7, 11) is 2.90. The molecule has 14 heteroatoms. The molecule has 2 aromatic heterocycles. The maximum atomic E-state index is 13.7. The number of aromatic amines is 1. The van der Waals surface area contributed by atoms with Gasteiger partial charge in [-0.2, -0.15) is 0 Å². The minimum absolute atomic E-state index is 0.0899. The number of amides is 1. The van der Waals surface area contributed by atoms with Crippen LogP contribution in [0.1, 0.15) is 54.1 Å². The molecular weight excluding hydrogens is 634 g/mol. The zero-order valence-electron chi connectivity index (χ0n) is 26.4. The van der Waals surface area contributed by atoms with Gasteiger partial charge in [0.2, 0.25) is 12.2 Å². The van der Waals surface area contributed by atoms with Crippen LogP contribution in [0.4, 0.5) is 10.5 Å². The van der Waals surface area contributed by atoms with Crippen LogP contribution in [-0.2, 0) is 23.7 Å². The van der Waals surface area contributed by atoms with Crippen LogP contribution in [0, 0.1) is 0 Å². The molecule has 2 heterocycles. The maximum Gasteiger partial charge on any atom is 0.511 e. The second kappa shape index (κ2) is 15.4. The Bertz CT molecular complexity index is 1870. The molecular formula is C33H34ClN3O10. The van der Waals surface area contributed by atoms with Gasteiger partial charge in [-0.05, 0) is 61.9 Å². The monoisotopic (exact) mass is 667 g/mol. The number of nitrogens with one attached hydrogen (secondary N) is 2. The third kappa shape index (κ3) is 8.37. The maximum absolute atomic E-state index is 13.7. The summed E-state index contributed by atoms with van der Waals surface area (Å²) in [5.74, 6) is -1.25. The van der Waals surface area contributed by atoms with Crippen molar-refractivity contribution in [1.82, 2.24) is 9.55 Å². The number of benzene rings is 2. The number of methoxy groups -OCH3 is 2. The fraction of sp³-hybridized carbons (Fsp3) is 0.303. The Morgan fingerprint density at radius 2 is 1.77 bits per heavy atom. The molecule has 4 rings (SSSR count). The van der Waals surface area contributed by atoms with Crippen molar-refractivity contribution < 1.29 is 42.9 Å². The van der Waals surface area contributed by atoms with Gasteiger partial charge in [0.25, 0.3) is 5.56 Å². The molecule has 0 saturated heterocycles. The Morgan fingerprint density at radius 3 is 2.45 bits per heavy atom. The smallest absolute Gasteiger partial charge is 0.495 e. The molecule has 0 spiro atoms. The van der Waals surface area contributed by atoms with Crippen LogP contribution in [0.2, 0.25) is 5.02 Å². The van der Waals surface area contributed by atoms with E-state index in [-0.39, 0.29) is 36.9 Å². The lowest BCUT2D eigenvalue weighted by Crippen LogP contribution is -2.34. The first kappa shape index (κ1) is 34.7. The number of esters is 1. The van der Waals surface area contributed by atoms with Gasteiger partial charge in [0.15, 0.2) is 5.78 Å². The summed E-state index contributed by atoms with van der Waals surface area (Å²) >= 11 is 6.22. The van der Waals surface area contributed by atoms with E-state index in [9.17, 15) is 24.0 Å². The number of nitrogens with zero attached hydrogens (tertiary/aromatic N) is 1. The lowest BCUT2D eigenvalue weighted by atomic mass is 9.97. The van der Waals surface area contributed by atoms with E-state index in [4.69, 9.17) is 30.5 Å². The highest BCUT2D eigenvalue weighted by Crippen LogP contribution is 2.34. The summed E-state index contributed by atoms with van der Waals surface area (Å²) in [5, 5.41) is 3.78. The summed E-state index contributed by atoms with van der Waals surface area (Å²) in [5.41, 5.74) is 1.67. The van der Waals surface area contributed by atoms with Gasteiger partial charge in [0, 0.05) is 65.9 Å². The van der Waals surface area contributed by atoms with Crippen LogP contribution >= 0.6 is 11.6 Å². The first-order valence-electron chi connectivity index (χ1n) is 14.5.